The van der Waals surface area contributed by atoms with Gasteiger partial charge in [0, 0.05) is 11.9 Å². The van der Waals surface area contributed by atoms with Crippen molar-refractivity contribution < 1.29 is 19.0 Å². The lowest BCUT2D eigenvalue weighted by Crippen LogP contribution is -2.12. The van der Waals surface area contributed by atoms with Crippen molar-refractivity contribution in [2.75, 3.05) is 32.2 Å². The minimum absolute atomic E-state index is 0.151. The first kappa shape index (κ1) is 16.8. The lowest BCUT2D eigenvalue weighted by Gasteiger charge is -2.07. The number of methoxy groups -OCH3 is 1. The average Bonchev–Trinajstić information content (AvgIpc) is 3.06. The summed E-state index contributed by atoms with van der Waals surface area (Å²) < 4.78 is 15.7. The number of carbonyl (C=O) groups is 1. The molecule has 0 aliphatic rings. The van der Waals surface area contributed by atoms with Gasteiger partial charge in [-0.2, -0.15) is 0 Å². The Morgan fingerprint density at radius 2 is 2.04 bits per heavy atom. The zero-order chi connectivity index (χ0) is 16.5. The Balaban J connectivity index is 1.71. The fourth-order valence-electron chi connectivity index (χ4n) is 1.65. The highest BCUT2D eigenvalue weighted by molar-refractivity contribution is 7.13. The second-order valence-electron chi connectivity index (χ2n) is 4.37. The molecule has 1 heterocycles. The number of hydrogen-bond donors (Lipinski definition) is 1. The van der Waals surface area contributed by atoms with E-state index < -0.39 is 5.97 Å². The zero-order valence-corrected chi connectivity index (χ0v) is 13.6. The molecule has 2 aromatic rings. The van der Waals surface area contributed by atoms with Crippen molar-refractivity contribution in [1.82, 2.24) is 4.98 Å². The Labute approximate surface area is 138 Å². The molecule has 0 aliphatic heterocycles. The molecule has 0 amide bonds. The van der Waals surface area contributed by atoms with Gasteiger partial charge < -0.3 is 19.5 Å². The molecule has 1 N–H and O–H groups in total. The number of thiazole rings is 1. The summed E-state index contributed by atoms with van der Waals surface area (Å²) in [5.74, 6) is 0.978. The monoisotopic (exact) mass is 334 g/mol. The van der Waals surface area contributed by atoms with Gasteiger partial charge in [-0.3, -0.25) is 0 Å². The highest BCUT2D eigenvalue weighted by Gasteiger charge is 2.11. The van der Waals surface area contributed by atoms with Gasteiger partial charge in [0.25, 0.3) is 0 Å². The molecule has 7 heteroatoms. The number of benzene rings is 1. The maximum Gasteiger partial charge on any atom is 0.358 e. The summed E-state index contributed by atoms with van der Waals surface area (Å²) in [6.45, 7) is 4.62. The third-order valence-corrected chi connectivity index (χ3v) is 3.56. The Morgan fingerprint density at radius 3 is 2.74 bits per heavy atom. The number of aromatic nitrogens is 1. The van der Waals surface area contributed by atoms with Crippen molar-refractivity contribution >= 4 is 22.4 Å². The van der Waals surface area contributed by atoms with Crippen LogP contribution in [0.1, 0.15) is 10.5 Å². The average molecular weight is 334 g/mol. The minimum Gasteiger partial charge on any atom is -0.497 e. The van der Waals surface area contributed by atoms with Crippen LogP contribution in [0.15, 0.2) is 42.3 Å². The van der Waals surface area contributed by atoms with E-state index in [9.17, 15) is 4.79 Å². The number of anilines is 1. The molecular weight excluding hydrogens is 316 g/mol. The minimum atomic E-state index is -0.466. The van der Waals surface area contributed by atoms with Crippen LogP contribution in [0, 0.1) is 0 Å². The fraction of sp³-hybridized carbons (Fsp3) is 0.250. The van der Waals surface area contributed by atoms with E-state index in [1.807, 2.05) is 0 Å². The van der Waals surface area contributed by atoms with Gasteiger partial charge in [0.05, 0.1) is 7.11 Å². The summed E-state index contributed by atoms with van der Waals surface area (Å²) >= 11 is 1.34. The smallest absolute Gasteiger partial charge is 0.358 e. The third kappa shape index (κ3) is 5.30. The predicted octanol–water partition coefficient (Wildman–Crippen LogP) is 2.99. The molecule has 1 aromatic carbocycles. The van der Waals surface area contributed by atoms with E-state index in [2.05, 4.69) is 16.9 Å². The first-order valence-corrected chi connectivity index (χ1v) is 7.85. The zero-order valence-electron chi connectivity index (χ0n) is 12.8. The van der Waals surface area contributed by atoms with Crippen molar-refractivity contribution in [3.05, 3.63) is 48.0 Å². The standard InChI is InChI=1S/C16H18N2O4S/c1-3-8-17-16-18-14(11-23-16)15(19)22-10-9-21-13-6-4-12(20-2)5-7-13/h3-7,11H,1,8-10H2,2H3,(H,17,18). The summed E-state index contributed by atoms with van der Waals surface area (Å²) in [5.41, 5.74) is 0.283. The molecule has 0 atom stereocenters. The highest BCUT2D eigenvalue weighted by Crippen LogP contribution is 2.17. The van der Waals surface area contributed by atoms with Crippen molar-refractivity contribution in [3.63, 3.8) is 0 Å². The molecular formula is C16H18N2O4S. The summed E-state index contributed by atoms with van der Waals surface area (Å²) in [6, 6.07) is 7.18. The number of ether oxygens (including phenoxy) is 3. The van der Waals surface area contributed by atoms with Gasteiger partial charge in [0.2, 0.25) is 0 Å². The largest absolute Gasteiger partial charge is 0.497 e. The van der Waals surface area contributed by atoms with E-state index >= 15 is 0 Å². The Hall–Kier alpha value is -2.54. The number of rotatable bonds is 9. The number of nitrogens with one attached hydrogen (secondary N) is 1. The van der Waals surface area contributed by atoms with Crippen molar-refractivity contribution in [2.45, 2.75) is 0 Å². The first-order chi connectivity index (χ1) is 11.2. The molecule has 0 spiro atoms. The molecule has 0 bridgehead atoms. The van der Waals surface area contributed by atoms with E-state index in [0.717, 1.165) is 5.75 Å². The Morgan fingerprint density at radius 1 is 1.30 bits per heavy atom. The highest BCUT2D eigenvalue weighted by atomic mass is 32.1. The molecule has 2 rings (SSSR count). The van der Waals surface area contributed by atoms with E-state index in [-0.39, 0.29) is 18.9 Å². The van der Waals surface area contributed by atoms with Crippen molar-refractivity contribution in [1.29, 1.82) is 0 Å². The lowest BCUT2D eigenvalue weighted by molar-refractivity contribution is 0.0444. The van der Waals surface area contributed by atoms with Crippen LogP contribution >= 0.6 is 11.3 Å². The number of carbonyl (C=O) groups excluding carboxylic acids is 1. The summed E-state index contributed by atoms with van der Waals surface area (Å²) in [4.78, 5) is 16.0. The maximum atomic E-state index is 11.8. The van der Waals surface area contributed by atoms with Gasteiger partial charge in [-0.25, -0.2) is 9.78 Å². The van der Waals surface area contributed by atoms with Gasteiger partial charge in [-0.1, -0.05) is 6.08 Å². The molecule has 122 valence electrons. The molecule has 0 aliphatic carbocycles. The van der Waals surface area contributed by atoms with Crippen LogP contribution in [0.2, 0.25) is 0 Å². The quantitative estimate of drug-likeness (QED) is 0.432. The molecule has 0 unspecified atom stereocenters. The second kappa shape index (κ2) is 8.79. The van der Waals surface area contributed by atoms with Crippen molar-refractivity contribution in [3.8, 4) is 11.5 Å². The van der Waals surface area contributed by atoms with Crippen LogP contribution in [-0.4, -0.2) is 37.8 Å². The SMILES string of the molecule is C=CCNc1nc(C(=O)OCCOc2ccc(OC)cc2)cs1. The number of hydrogen-bond acceptors (Lipinski definition) is 7. The summed E-state index contributed by atoms with van der Waals surface area (Å²) in [7, 11) is 1.60. The van der Waals surface area contributed by atoms with Crippen molar-refractivity contribution in [2.24, 2.45) is 0 Å². The van der Waals surface area contributed by atoms with Gasteiger partial charge >= 0.3 is 5.97 Å². The molecule has 0 saturated carbocycles. The maximum absolute atomic E-state index is 11.8. The topological polar surface area (TPSA) is 69.7 Å². The number of nitrogens with zero attached hydrogens (tertiary/aromatic N) is 1. The van der Waals surface area contributed by atoms with Gasteiger partial charge in [0.15, 0.2) is 10.8 Å². The third-order valence-electron chi connectivity index (χ3n) is 2.76. The van der Waals surface area contributed by atoms with Crippen LogP contribution < -0.4 is 14.8 Å². The molecule has 0 fully saturated rings. The fourth-order valence-corrected chi connectivity index (χ4v) is 2.34. The molecule has 23 heavy (non-hydrogen) atoms. The first-order valence-electron chi connectivity index (χ1n) is 6.97. The normalized spacial score (nSPS) is 9.96. The second-order valence-corrected chi connectivity index (χ2v) is 5.23. The summed E-state index contributed by atoms with van der Waals surface area (Å²) in [5, 5.41) is 5.32. The molecule has 6 nitrogen and oxygen atoms in total. The van der Waals surface area contributed by atoms with Gasteiger partial charge in [0.1, 0.15) is 24.7 Å². The molecule has 0 radical (unpaired) electrons. The van der Waals surface area contributed by atoms with E-state index in [1.165, 1.54) is 11.3 Å². The molecule has 0 saturated heterocycles. The Bertz CT molecular complexity index is 640. The Kier molecular flexibility index (Phi) is 6.43. The van der Waals surface area contributed by atoms with Crippen LogP contribution in [0.3, 0.4) is 0 Å². The van der Waals surface area contributed by atoms with Crippen LogP contribution in [0.25, 0.3) is 0 Å². The van der Waals surface area contributed by atoms with Crippen LogP contribution in [0.5, 0.6) is 11.5 Å². The number of esters is 1. The predicted molar refractivity (Wildman–Crippen MR) is 89.6 cm³/mol. The van der Waals surface area contributed by atoms with E-state index in [0.29, 0.717) is 17.4 Å². The van der Waals surface area contributed by atoms with Crippen LogP contribution in [0.4, 0.5) is 5.13 Å². The van der Waals surface area contributed by atoms with Crippen LogP contribution in [-0.2, 0) is 4.74 Å². The van der Waals surface area contributed by atoms with Gasteiger partial charge in [-0.15, -0.1) is 17.9 Å². The lowest BCUT2D eigenvalue weighted by atomic mass is 10.3. The summed E-state index contributed by atoms with van der Waals surface area (Å²) in [6.07, 6.45) is 1.72. The van der Waals surface area contributed by atoms with Gasteiger partial charge in [-0.05, 0) is 24.3 Å². The molecule has 1 aromatic heterocycles. The van der Waals surface area contributed by atoms with E-state index in [4.69, 9.17) is 14.2 Å². The van der Waals surface area contributed by atoms with E-state index in [1.54, 1.807) is 42.8 Å².